The lowest BCUT2D eigenvalue weighted by Gasteiger charge is -2.30. The maximum Gasteiger partial charge on any atom is 0.133 e. The Labute approximate surface area is 138 Å². The third kappa shape index (κ3) is 3.51. The van der Waals surface area contributed by atoms with Gasteiger partial charge < -0.3 is 9.47 Å². The van der Waals surface area contributed by atoms with Crippen LogP contribution in [0.4, 0.5) is 0 Å². The molecule has 1 aliphatic carbocycles. The molecule has 20 heavy (non-hydrogen) atoms. The minimum Gasteiger partial charge on any atom is -0.496 e. The summed E-state index contributed by atoms with van der Waals surface area (Å²) in [5.74, 6) is 3.31. The zero-order valence-electron chi connectivity index (χ0n) is 12.3. The largest absolute Gasteiger partial charge is 0.496 e. The summed E-state index contributed by atoms with van der Waals surface area (Å²) in [5.41, 5.74) is 1.19. The van der Waals surface area contributed by atoms with Gasteiger partial charge in [-0.25, -0.2) is 0 Å². The van der Waals surface area contributed by atoms with Gasteiger partial charge in [0.05, 0.1) is 18.7 Å². The maximum absolute atomic E-state index is 5.54. The molecule has 2 nitrogen and oxygen atoms in total. The van der Waals surface area contributed by atoms with Crippen molar-refractivity contribution in [3.05, 3.63) is 22.2 Å². The molecule has 2 rings (SSSR count). The summed E-state index contributed by atoms with van der Waals surface area (Å²) in [5, 5.41) is 0. The van der Waals surface area contributed by atoms with Crippen molar-refractivity contribution >= 4 is 31.9 Å². The lowest BCUT2D eigenvalue weighted by Crippen LogP contribution is -2.16. The Hall–Kier alpha value is -0.220. The molecule has 0 aliphatic heterocycles. The summed E-state index contributed by atoms with van der Waals surface area (Å²) in [7, 11) is 3.42. The Morgan fingerprint density at radius 2 is 1.65 bits per heavy atom. The minimum absolute atomic E-state index is 0.326. The molecule has 0 amide bonds. The molecule has 0 heterocycles. The van der Waals surface area contributed by atoms with Gasteiger partial charge >= 0.3 is 0 Å². The molecule has 4 heteroatoms. The highest BCUT2D eigenvalue weighted by molar-refractivity contribution is 9.10. The van der Waals surface area contributed by atoms with Crippen LogP contribution in [0.25, 0.3) is 0 Å². The van der Waals surface area contributed by atoms with Gasteiger partial charge in [0.1, 0.15) is 11.5 Å². The van der Waals surface area contributed by atoms with Gasteiger partial charge in [0, 0.05) is 10.4 Å². The van der Waals surface area contributed by atoms with E-state index in [4.69, 9.17) is 9.47 Å². The van der Waals surface area contributed by atoms with E-state index in [-0.39, 0.29) is 0 Å². The first-order valence-electron chi connectivity index (χ1n) is 7.12. The first kappa shape index (κ1) is 16.2. The molecule has 112 valence electrons. The van der Waals surface area contributed by atoms with Crippen LogP contribution in [0.15, 0.2) is 16.6 Å². The summed E-state index contributed by atoms with van der Waals surface area (Å²) >= 11 is 7.41. The monoisotopic (exact) mass is 404 g/mol. The van der Waals surface area contributed by atoms with Crippen LogP contribution in [0.2, 0.25) is 0 Å². The van der Waals surface area contributed by atoms with Gasteiger partial charge in [-0.1, -0.05) is 35.7 Å². The first-order valence-corrected chi connectivity index (χ1v) is 8.83. The molecular formula is C16H22Br2O2. The van der Waals surface area contributed by atoms with Gasteiger partial charge in [0.2, 0.25) is 0 Å². The third-order valence-electron chi connectivity index (χ3n) is 4.28. The predicted octanol–water partition coefficient (Wildman–Crippen LogP) is 5.73. The Kier molecular flexibility index (Phi) is 5.79. The van der Waals surface area contributed by atoms with Crippen molar-refractivity contribution in [2.24, 2.45) is 11.8 Å². The molecule has 0 aromatic heterocycles. The Morgan fingerprint density at radius 3 is 2.20 bits per heavy atom. The fraction of sp³-hybridized carbons (Fsp3) is 0.625. The van der Waals surface area contributed by atoms with Gasteiger partial charge in [-0.2, -0.15) is 0 Å². The van der Waals surface area contributed by atoms with E-state index in [2.05, 4.69) is 44.8 Å². The van der Waals surface area contributed by atoms with E-state index < -0.39 is 0 Å². The summed E-state index contributed by atoms with van der Waals surface area (Å²) in [6, 6.07) is 4.08. The highest BCUT2D eigenvalue weighted by atomic mass is 79.9. The average Bonchev–Trinajstić information content (AvgIpc) is 2.47. The summed E-state index contributed by atoms with van der Waals surface area (Å²) in [6.45, 7) is 2.35. The number of ether oxygens (including phenoxy) is 2. The quantitative estimate of drug-likeness (QED) is 0.595. The topological polar surface area (TPSA) is 18.5 Å². The predicted molar refractivity (Wildman–Crippen MR) is 90.0 cm³/mol. The molecule has 1 aromatic rings. The van der Waals surface area contributed by atoms with Crippen LogP contribution in [-0.4, -0.2) is 14.2 Å². The zero-order valence-corrected chi connectivity index (χ0v) is 15.5. The van der Waals surface area contributed by atoms with Gasteiger partial charge in [0.15, 0.2) is 0 Å². The molecule has 0 N–H and O–H groups in total. The number of benzene rings is 1. The molecule has 1 fully saturated rings. The molecule has 1 aromatic carbocycles. The normalized spacial score (nSPS) is 24.2. The van der Waals surface area contributed by atoms with Gasteiger partial charge in [-0.3, -0.25) is 0 Å². The Balaban J connectivity index is 2.26. The highest BCUT2D eigenvalue weighted by Crippen LogP contribution is 2.46. The van der Waals surface area contributed by atoms with Gasteiger partial charge in [-0.05, 0) is 52.7 Å². The van der Waals surface area contributed by atoms with Gasteiger partial charge in [-0.15, -0.1) is 0 Å². The smallest absolute Gasteiger partial charge is 0.133 e. The Bertz CT molecular complexity index is 454. The van der Waals surface area contributed by atoms with Crippen molar-refractivity contribution in [3.63, 3.8) is 0 Å². The second-order valence-corrected chi connectivity index (χ2v) is 7.49. The lowest BCUT2D eigenvalue weighted by molar-refractivity contribution is 0.284. The van der Waals surface area contributed by atoms with E-state index in [1.165, 1.54) is 31.2 Å². The van der Waals surface area contributed by atoms with Crippen LogP contribution in [-0.2, 0) is 0 Å². The number of halogens is 2. The van der Waals surface area contributed by atoms with E-state index in [0.29, 0.717) is 10.7 Å². The second kappa shape index (κ2) is 7.17. The van der Waals surface area contributed by atoms with E-state index in [1.807, 2.05) is 6.07 Å². The second-order valence-electron chi connectivity index (χ2n) is 5.65. The van der Waals surface area contributed by atoms with Crippen LogP contribution >= 0.6 is 31.9 Å². The van der Waals surface area contributed by atoms with Crippen LogP contribution in [0.1, 0.15) is 43.0 Å². The van der Waals surface area contributed by atoms with Crippen LogP contribution in [0, 0.1) is 11.8 Å². The first-order chi connectivity index (χ1) is 9.56. The highest BCUT2D eigenvalue weighted by Gasteiger charge is 2.28. The number of rotatable bonds is 4. The van der Waals surface area contributed by atoms with Crippen molar-refractivity contribution in [1.82, 2.24) is 0 Å². The lowest BCUT2D eigenvalue weighted by atomic mass is 9.80. The van der Waals surface area contributed by atoms with Crippen molar-refractivity contribution in [3.8, 4) is 11.5 Å². The fourth-order valence-electron chi connectivity index (χ4n) is 2.93. The summed E-state index contributed by atoms with van der Waals surface area (Å²) in [6.07, 6.45) is 5.20. The maximum atomic E-state index is 5.54. The molecule has 1 saturated carbocycles. The van der Waals surface area contributed by atoms with Crippen LogP contribution in [0.5, 0.6) is 11.5 Å². The molecule has 1 atom stereocenters. The van der Waals surface area contributed by atoms with Crippen LogP contribution in [0.3, 0.4) is 0 Å². The van der Waals surface area contributed by atoms with E-state index >= 15 is 0 Å². The van der Waals surface area contributed by atoms with Crippen LogP contribution < -0.4 is 9.47 Å². The molecule has 0 spiro atoms. The Morgan fingerprint density at radius 1 is 1.05 bits per heavy atom. The number of alkyl halides is 1. The number of hydrogen-bond donors (Lipinski definition) is 0. The average molecular weight is 406 g/mol. The molecule has 1 aliphatic rings. The number of hydrogen-bond acceptors (Lipinski definition) is 2. The number of methoxy groups -OCH3 is 2. The van der Waals surface area contributed by atoms with Crippen molar-refractivity contribution in [2.45, 2.75) is 37.4 Å². The van der Waals surface area contributed by atoms with E-state index in [9.17, 15) is 0 Å². The summed E-state index contributed by atoms with van der Waals surface area (Å²) in [4.78, 5) is 0.326. The molecule has 0 radical (unpaired) electrons. The molecule has 0 bridgehead atoms. The van der Waals surface area contributed by atoms with Crippen molar-refractivity contribution < 1.29 is 9.47 Å². The molecule has 0 saturated heterocycles. The molecular weight excluding hydrogens is 384 g/mol. The standard InChI is InChI=1S/C16H22Br2O2/c1-10-4-6-11(7-5-10)16(18)12-8-15(20-3)13(17)9-14(12)19-2/h8-11,16H,4-7H2,1-3H3. The SMILES string of the molecule is COc1cc(C(Br)C2CCC(C)CC2)c(OC)cc1Br. The zero-order chi connectivity index (χ0) is 14.7. The minimum atomic E-state index is 0.326. The van der Waals surface area contributed by atoms with E-state index in [0.717, 1.165) is 21.9 Å². The fourth-order valence-corrected chi connectivity index (χ4v) is 4.30. The molecule has 1 unspecified atom stereocenters. The van der Waals surface area contributed by atoms with Gasteiger partial charge in [0.25, 0.3) is 0 Å². The summed E-state index contributed by atoms with van der Waals surface area (Å²) < 4.78 is 11.9. The third-order valence-corrected chi connectivity index (χ3v) is 6.14. The van der Waals surface area contributed by atoms with Crippen molar-refractivity contribution in [2.75, 3.05) is 14.2 Å². The van der Waals surface area contributed by atoms with Crippen molar-refractivity contribution in [1.29, 1.82) is 0 Å². The van der Waals surface area contributed by atoms with E-state index in [1.54, 1.807) is 14.2 Å².